The molecule has 1 rings (SSSR count). The highest BCUT2D eigenvalue weighted by atomic mass is 32.2. The third kappa shape index (κ3) is 4.09. The Morgan fingerprint density at radius 1 is 1.11 bits per heavy atom. The van der Waals surface area contributed by atoms with Gasteiger partial charge in [0.05, 0.1) is 4.90 Å². The lowest BCUT2D eigenvalue weighted by molar-refractivity contribution is 0.474. The predicted molar refractivity (Wildman–Crippen MR) is 77.4 cm³/mol. The summed E-state index contributed by atoms with van der Waals surface area (Å²) in [7, 11) is -3.53. The van der Waals surface area contributed by atoms with Gasteiger partial charge in [0, 0.05) is 13.1 Å². The van der Waals surface area contributed by atoms with Gasteiger partial charge < -0.3 is 0 Å². The summed E-state index contributed by atoms with van der Waals surface area (Å²) in [5.41, 5.74) is 6.17. The molecule has 0 saturated carbocycles. The SMILES string of the molecule is C=C=CCN(CC=C=C)S(=O)(=O)c1ccc(C)cc1. The van der Waals surface area contributed by atoms with Crippen molar-refractivity contribution in [3.05, 3.63) is 66.6 Å². The number of rotatable bonds is 6. The maximum atomic E-state index is 12.4. The van der Waals surface area contributed by atoms with E-state index < -0.39 is 10.0 Å². The van der Waals surface area contributed by atoms with E-state index >= 15 is 0 Å². The molecule has 1 aromatic rings. The Bertz CT molecular complexity index is 597. The van der Waals surface area contributed by atoms with E-state index in [9.17, 15) is 8.42 Å². The molecule has 0 aliphatic rings. The third-order valence-corrected chi connectivity index (χ3v) is 4.38. The van der Waals surface area contributed by atoms with Crippen LogP contribution in [0.3, 0.4) is 0 Å². The highest BCUT2D eigenvalue weighted by molar-refractivity contribution is 7.89. The molecular formula is C15H17NO2S. The molecule has 0 spiro atoms. The molecule has 0 radical (unpaired) electrons. The van der Waals surface area contributed by atoms with Crippen molar-refractivity contribution < 1.29 is 8.42 Å². The number of nitrogens with zero attached hydrogens (tertiary/aromatic N) is 1. The van der Waals surface area contributed by atoms with Gasteiger partial charge in [0.25, 0.3) is 0 Å². The molecule has 4 heteroatoms. The van der Waals surface area contributed by atoms with Gasteiger partial charge in [-0.1, -0.05) is 30.9 Å². The van der Waals surface area contributed by atoms with Crippen molar-refractivity contribution in [2.75, 3.05) is 13.1 Å². The molecule has 0 fully saturated rings. The van der Waals surface area contributed by atoms with Crippen LogP contribution >= 0.6 is 0 Å². The fraction of sp³-hybridized carbons (Fsp3) is 0.200. The minimum atomic E-state index is -3.53. The Labute approximate surface area is 114 Å². The van der Waals surface area contributed by atoms with Gasteiger partial charge in [-0.05, 0) is 31.2 Å². The second kappa shape index (κ2) is 6.93. The molecule has 0 saturated heterocycles. The van der Waals surface area contributed by atoms with Crippen LogP contribution < -0.4 is 0 Å². The fourth-order valence-corrected chi connectivity index (χ4v) is 2.78. The molecule has 3 nitrogen and oxygen atoms in total. The molecule has 0 heterocycles. The maximum absolute atomic E-state index is 12.4. The maximum Gasteiger partial charge on any atom is 0.243 e. The van der Waals surface area contributed by atoms with Crippen LogP contribution in [0.25, 0.3) is 0 Å². The van der Waals surface area contributed by atoms with Gasteiger partial charge in [-0.3, -0.25) is 0 Å². The van der Waals surface area contributed by atoms with Gasteiger partial charge in [-0.2, -0.15) is 4.31 Å². The summed E-state index contributed by atoms with van der Waals surface area (Å²) in [4.78, 5) is 0.271. The standard InChI is InChI=1S/C15H17NO2S/c1-4-6-12-16(13-7-5-2)19(17,18)15-10-8-14(3)9-11-15/h6-11H,1-2,12-13H2,3H3. The summed E-state index contributed by atoms with van der Waals surface area (Å²) in [6.07, 6.45) is 3.14. The van der Waals surface area contributed by atoms with Crippen molar-refractivity contribution in [1.29, 1.82) is 0 Å². The second-order valence-corrected chi connectivity index (χ2v) is 5.89. The van der Waals surface area contributed by atoms with Crippen molar-refractivity contribution in [2.45, 2.75) is 11.8 Å². The van der Waals surface area contributed by atoms with Crippen LogP contribution in [0.2, 0.25) is 0 Å². The summed E-state index contributed by atoms with van der Waals surface area (Å²) < 4.78 is 26.2. The minimum absolute atomic E-state index is 0.220. The van der Waals surface area contributed by atoms with Gasteiger partial charge in [0.15, 0.2) is 0 Å². The molecule has 0 unspecified atom stereocenters. The predicted octanol–water partition coefficient (Wildman–Crippen LogP) is 2.67. The largest absolute Gasteiger partial charge is 0.243 e. The van der Waals surface area contributed by atoms with Crippen LogP contribution in [0, 0.1) is 6.92 Å². The summed E-state index contributed by atoms with van der Waals surface area (Å²) >= 11 is 0. The summed E-state index contributed by atoms with van der Waals surface area (Å²) in [6, 6.07) is 6.76. The minimum Gasteiger partial charge on any atom is -0.207 e. The molecule has 19 heavy (non-hydrogen) atoms. The highest BCUT2D eigenvalue weighted by Crippen LogP contribution is 2.16. The lowest BCUT2D eigenvalue weighted by atomic mass is 10.2. The first-order chi connectivity index (χ1) is 9.02. The normalized spacial score (nSPS) is 10.6. The van der Waals surface area contributed by atoms with Crippen molar-refractivity contribution in [2.24, 2.45) is 0 Å². The second-order valence-electron chi connectivity index (χ2n) is 3.95. The van der Waals surface area contributed by atoms with E-state index in [2.05, 4.69) is 24.6 Å². The molecule has 100 valence electrons. The van der Waals surface area contributed by atoms with Crippen molar-refractivity contribution >= 4 is 10.0 Å². The first-order valence-corrected chi connectivity index (χ1v) is 7.21. The van der Waals surface area contributed by atoms with Gasteiger partial charge >= 0.3 is 0 Å². The molecule has 1 aromatic carbocycles. The number of hydrogen-bond donors (Lipinski definition) is 0. The first kappa shape index (κ1) is 15.2. The Hall–Kier alpha value is -1.83. The van der Waals surface area contributed by atoms with Crippen LogP contribution in [0.5, 0.6) is 0 Å². The first-order valence-electron chi connectivity index (χ1n) is 5.77. The molecule has 0 atom stereocenters. The van der Waals surface area contributed by atoms with Gasteiger partial charge in [-0.15, -0.1) is 11.5 Å². The number of benzene rings is 1. The number of aryl methyl sites for hydroxylation is 1. The number of hydrogen-bond acceptors (Lipinski definition) is 2. The van der Waals surface area contributed by atoms with Crippen LogP contribution in [0.4, 0.5) is 0 Å². The Morgan fingerprint density at radius 2 is 1.58 bits per heavy atom. The molecular weight excluding hydrogens is 258 g/mol. The van der Waals surface area contributed by atoms with Crippen LogP contribution in [0.1, 0.15) is 5.56 Å². The van der Waals surface area contributed by atoms with Crippen molar-refractivity contribution in [3.8, 4) is 0 Å². The highest BCUT2D eigenvalue weighted by Gasteiger charge is 2.22. The summed E-state index contributed by atoms with van der Waals surface area (Å²) in [5, 5.41) is 0. The van der Waals surface area contributed by atoms with Gasteiger partial charge in [0.1, 0.15) is 0 Å². The van der Waals surface area contributed by atoms with E-state index in [4.69, 9.17) is 0 Å². The summed E-state index contributed by atoms with van der Waals surface area (Å²) in [5.74, 6) is 0. The Kier molecular flexibility index (Phi) is 5.56. The zero-order valence-electron chi connectivity index (χ0n) is 11.0. The number of sulfonamides is 1. The van der Waals surface area contributed by atoms with Crippen LogP contribution in [0.15, 0.2) is 65.9 Å². The topological polar surface area (TPSA) is 37.4 Å². The fourth-order valence-electron chi connectivity index (χ4n) is 1.46. The smallest absolute Gasteiger partial charge is 0.207 e. The Morgan fingerprint density at radius 3 is 2.00 bits per heavy atom. The van der Waals surface area contributed by atoms with Crippen molar-refractivity contribution in [3.63, 3.8) is 0 Å². The molecule has 0 amide bonds. The van der Waals surface area contributed by atoms with Crippen molar-refractivity contribution in [1.82, 2.24) is 4.31 Å². The van der Waals surface area contributed by atoms with E-state index in [0.29, 0.717) is 0 Å². The van der Waals surface area contributed by atoms with E-state index in [1.165, 1.54) is 4.31 Å². The molecule has 0 N–H and O–H groups in total. The average molecular weight is 275 g/mol. The lowest BCUT2D eigenvalue weighted by Gasteiger charge is -2.18. The van der Waals surface area contributed by atoms with Gasteiger partial charge in [0.2, 0.25) is 10.0 Å². The monoisotopic (exact) mass is 275 g/mol. The molecule has 0 bridgehead atoms. The molecule has 0 aliphatic heterocycles. The lowest BCUT2D eigenvalue weighted by Crippen LogP contribution is -2.31. The molecule has 0 aromatic heterocycles. The van der Waals surface area contributed by atoms with E-state index in [0.717, 1.165) is 5.56 Å². The molecule has 0 aliphatic carbocycles. The van der Waals surface area contributed by atoms with E-state index in [1.54, 1.807) is 36.4 Å². The zero-order valence-corrected chi connectivity index (χ0v) is 11.8. The Balaban J connectivity index is 3.13. The average Bonchev–Trinajstić information content (AvgIpc) is 2.39. The quantitative estimate of drug-likeness (QED) is 0.749. The summed E-state index contributed by atoms with van der Waals surface area (Å²) in [6.45, 7) is 9.23. The third-order valence-electron chi connectivity index (χ3n) is 2.54. The van der Waals surface area contributed by atoms with Crippen LogP contribution in [-0.4, -0.2) is 25.8 Å². The van der Waals surface area contributed by atoms with Crippen LogP contribution in [-0.2, 0) is 10.0 Å². The van der Waals surface area contributed by atoms with E-state index in [1.807, 2.05) is 6.92 Å². The zero-order chi connectivity index (χ0) is 14.3. The van der Waals surface area contributed by atoms with E-state index in [-0.39, 0.29) is 18.0 Å². The van der Waals surface area contributed by atoms with Gasteiger partial charge in [-0.25, -0.2) is 8.42 Å².